The Hall–Kier alpha value is -4.89. The fourth-order valence-electron chi connectivity index (χ4n) is 6.20. The van der Waals surface area contributed by atoms with E-state index >= 15 is 0 Å². The van der Waals surface area contributed by atoms with Gasteiger partial charge in [0.05, 0.1) is 37.7 Å². The summed E-state index contributed by atoms with van der Waals surface area (Å²) < 4.78 is 27.2. The van der Waals surface area contributed by atoms with Crippen LogP contribution in [0.2, 0.25) is 0 Å². The van der Waals surface area contributed by atoms with Crippen LogP contribution in [-0.2, 0) is 16.3 Å². The second kappa shape index (κ2) is 10.1. The molecule has 0 saturated carbocycles. The van der Waals surface area contributed by atoms with Crippen LogP contribution in [0.25, 0.3) is 0 Å². The number of anilines is 1. The molecule has 0 aromatic heterocycles. The van der Waals surface area contributed by atoms with Crippen molar-refractivity contribution in [3.05, 3.63) is 122 Å². The maximum absolute atomic E-state index is 13.7. The molecular weight excluding hydrogens is 576 g/mol. The van der Waals surface area contributed by atoms with Gasteiger partial charge in [-0.05, 0) is 116 Å². The third kappa shape index (κ3) is 4.38. The van der Waals surface area contributed by atoms with Gasteiger partial charge < -0.3 is 0 Å². The average molecular weight is 607 g/mol. The molecule has 4 aromatic carbocycles. The fraction of sp³-hybridized carbons (Fsp3) is 0.200. The zero-order valence-electron chi connectivity index (χ0n) is 25.2. The van der Waals surface area contributed by atoms with E-state index in [1.54, 1.807) is 0 Å². The van der Waals surface area contributed by atoms with Gasteiger partial charge in [-0.15, -0.1) is 0 Å². The minimum Gasteiger partial charge on any atom is -0.277 e. The predicted octanol–water partition coefficient (Wildman–Crippen LogP) is 5.68. The number of carbonyl (C=O) groups is 4. The van der Waals surface area contributed by atoms with E-state index in [1.165, 1.54) is 65.7 Å². The number of rotatable bonds is 5. The van der Waals surface area contributed by atoms with Gasteiger partial charge in [0, 0.05) is 7.05 Å². The van der Waals surface area contributed by atoms with Crippen LogP contribution >= 0.6 is 0 Å². The normalized spacial score (nSPS) is 14.5. The standard InChI is InChI=1S/C35H30N2O6S/c1-18-11-23(12-19(2)22(18)5)15-24-13-20(3)31(21(4)14-24)37-34(40)28-10-8-26(17-30(28)35(37)41)44(42,43)25-7-9-27-29(16-25)33(39)36(6)32(27)38/h7-14,16-17H,15H2,1-6H3. The predicted molar refractivity (Wildman–Crippen MR) is 165 cm³/mol. The molecule has 9 heteroatoms. The summed E-state index contributed by atoms with van der Waals surface area (Å²) >= 11 is 0. The highest BCUT2D eigenvalue weighted by molar-refractivity contribution is 7.91. The number of hydrogen-bond acceptors (Lipinski definition) is 6. The summed E-state index contributed by atoms with van der Waals surface area (Å²) in [7, 11) is -2.86. The van der Waals surface area contributed by atoms with Crippen molar-refractivity contribution >= 4 is 39.2 Å². The Bertz CT molecular complexity index is 2070. The quantitative estimate of drug-likeness (QED) is 0.271. The van der Waals surface area contributed by atoms with E-state index in [1.807, 2.05) is 26.0 Å². The van der Waals surface area contributed by atoms with E-state index in [0.717, 1.165) is 26.5 Å². The fourth-order valence-corrected chi connectivity index (χ4v) is 7.51. The molecule has 0 radical (unpaired) electrons. The smallest absolute Gasteiger partial charge is 0.266 e. The number of hydrogen-bond donors (Lipinski definition) is 0. The van der Waals surface area contributed by atoms with E-state index in [0.29, 0.717) is 12.1 Å². The number of imide groups is 2. The first kappa shape index (κ1) is 29.2. The van der Waals surface area contributed by atoms with Crippen LogP contribution in [-0.4, -0.2) is 44.0 Å². The molecule has 0 bridgehead atoms. The summed E-state index contributed by atoms with van der Waals surface area (Å²) in [6, 6.07) is 15.9. The summed E-state index contributed by atoms with van der Waals surface area (Å²) in [6.07, 6.45) is 0.700. The monoisotopic (exact) mass is 606 g/mol. The van der Waals surface area contributed by atoms with Crippen LogP contribution in [0.1, 0.15) is 80.4 Å². The summed E-state index contributed by atoms with van der Waals surface area (Å²) in [5.74, 6) is -2.23. The van der Waals surface area contributed by atoms with Crippen LogP contribution in [0.4, 0.5) is 5.69 Å². The Morgan fingerprint density at radius 1 is 0.545 bits per heavy atom. The third-order valence-corrected chi connectivity index (χ3v) is 10.5. The van der Waals surface area contributed by atoms with E-state index in [2.05, 4.69) is 32.9 Å². The molecule has 2 aliphatic heterocycles. The lowest BCUT2D eigenvalue weighted by Crippen LogP contribution is -2.30. The molecule has 0 saturated heterocycles. The van der Waals surface area contributed by atoms with E-state index in [4.69, 9.17) is 0 Å². The minimum absolute atomic E-state index is 0.000732. The lowest BCUT2D eigenvalue weighted by Gasteiger charge is -2.21. The molecule has 6 rings (SSSR count). The second-order valence-corrected chi connectivity index (χ2v) is 13.6. The summed E-state index contributed by atoms with van der Waals surface area (Å²) in [5.41, 5.74) is 8.16. The molecule has 0 N–H and O–H groups in total. The molecule has 0 fully saturated rings. The van der Waals surface area contributed by atoms with Gasteiger partial charge in [0.25, 0.3) is 23.6 Å². The average Bonchev–Trinajstić information content (AvgIpc) is 3.35. The van der Waals surface area contributed by atoms with Gasteiger partial charge in [0.1, 0.15) is 0 Å². The van der Waals surface area contributed by atoms with Crippen LogP contribution in [0.15, 0.2) is 70.5 Å². The first-order chi connectivity index (χ1) is 20.7. The highest BCUT2D eigenvalue weighted by atomic mass is 32.2. The van der Waals surface area contributed by atoms with Crippen molar-refractivity contribution in [1.82, 2.24) is 4.90 Å². The highest BCUT2D eigenvalue weighted by Crippen LogP contribution is 2.36. The molecule has 44 heavy (non-hydrogen) atoms. The molecule has 2 heterocycles. The van der Waals surface area contributed by atoms with Crippen LogP contribution < -0.4 is 4.90 Å². The van der Waals surface area contributed by atoms with Crippen molar-refractivity contribution in [2.75, 3.05) is 11.9 Å². The summed E-state index contributed by atoms with van der Waals surface area (Å²) in [5, 5.41) is 0. The number of benzene rings is 4. The first-order valence-electron chi connectivity index (χ1n) is 14.1. The van der Waals surface area contributed by atoms with E-state index in [-0.39, 0.29) is 32.0 Å². The van der Waals surface area contributed by atoms with Gasteiger partial charge in [-0.3, -0.25) is 24.1 Å². The number of carbonyl (C=O) groups excluding carboxylic acids is 4. The Kier molecular flexibility index (Phi) is 6.70. The van der Waals surface area contributed by atoms with Gasteiger partial charge in [-0.25, -0.2) is 13.3 Å². The van der Waals surface area contributed by atoms with E-state index < -0.39 is 33.5 Å². The summed E-state index contributed by atoms with van der Waals surface area (Å²) in [6.45, 7) is 10.0. The van der Waals surface area contributed by atoms with Gasteiger partial charge in [0.2, 0.25) is 9.84 Å². The Labute approximate surface area is 255 Å². The second-order valence-electron chi connectivity index (χ2n) is 11.6. The number of fused-ring (bicyclic) bond motifs is 2. The molecule has 4 amide bonds. The van der Waals surface area contributed by atoms with Crippen molar-refractivity contribution in [3.63, 3.8) is 0 Å². The number of amides is 4. The number of sulfone groups is 1. The largest absolute Gasteiger partial charge is 0.277 e. The van der Waals surface area contributed by atoms with Crippen molar-refractivity contribution in [1.29, 1.82) is 0 Å². The van der Waals surface area contributed by atoms with Gasteiger partial charge in [0.15, 0.2) is 0 Å². The zero-order chi connectivity index (χ0) is 31.8. The van der Waals surface area contributed by atoms with Gasteiger partial charge in [-0.2, -0.15) is 0 Å². The zero-order valence-corrected chi connectivity index (χ0v) is 26.0. The lowest BCUT2D eigenvalue weighted by atomic mass is 9.94. The molecule has 0 aliphatic carbocycles. The molecule has 4 aromatic rings. The SMILES string of the molecule is Cc1cc(Cc2cc(C)c(N3C(=O)c4ccc(S(=O)(=O)c5ccc6c(c5)C(=O)N(C)C6=O)cc4C3=O)c(C)c2)cc(C)c1C. The topological polar surface area (TPSA) is 109 Å². The van der Waals surface area contributed by atoms with Crippen LogP contribution in [0.5, 0.6) is 0 Å². The lowest BCUT2D eigenvalue weighted by molar-refractivity contribution is 0.0692. The summed E-state index contributed by atoms with van der Waals surface area (Å²) in [4.78, 5) is 53.6. The molecule has 2 aliphatic rings. The van der Waals surface area contributed by atoms with Crippen LogP contribution in [0, 0.1) is 34.6 Å². The molecule has 0 atom stereocenters. The molecule has 8 nitrogen and oxygen atoms in total. The maximum atomic E-state index is 13.7. The minimum atomic E-state index is -4.19. The van der Waals surface area contributed by atoms with Crippen molar-refractivity contribution in [2.45, 2.75) is 50.8 Å². The third-order valence-electron chi connectivity index (χ3n) is 8.71. The van der Waals surface area contributed by atoms with Crippen molar-refractivity contribution in [3.8, 4) is 0 Å². The highest BCUT2D eigenvalue weighted by Gasteiger charge is 2.40. The first-order valence-corrected chi connectivity index (χ1v) is 15.6. The van der Waals surface area contributed by atoms with E-state index in [9.17, 15) is 27.6 Å². The molecular formula is C35H30N2O6S. The Balaban J connectivity index is 1.33. The maximum Gasteiger partial charge on any atom is 0.266 e. The molecule has 222 valence electrons. The molecule has 0 spiro atoms. The Morgan fingerprint density at radius 3 is 1.48 bits per heavy atom. The van der Waals surface area contributed by atoms with Crippen molar-refractivity contribution < 1.29 is 27.6 Å². The van der Waals surface area contributed by atoms with Gasteiger partial charge >= 0.3 is 0 Å². The van der Waals surface area contributed by atoms with Crippen LogP contribution in [0.3, 0.4) is 0 Å². The number of aryl methyl sites for hydroxylation is 4. The van der Waals surface area contributed by atoms with Gasteiger partial charge in [-0.1, -0.05) is 24.3 Å². The number of nitrogens with zero attached hydrogens (tertiary/aromatic N) is 2. The molecule has 0 unspecified atom stereocenters. The Morgan fingerprint density at radius 2 is 0.955 bits per heavy atom. The van der Waals surface area contributed by atoms with Crippen molar-refractivity contribution in [2.24, 2.45) is 0 Å².